The van der Waals surface area contributed by atoms with Gasteiger partial charge < -0.3 is 5.21 Å². The van der Waals surface area contributed by atoms with Crippen LogP contribution in [0, 0.1) is 23.8 Å². The molecule has 1 aromatic heterocycles. The SMILES string of the molecule is Cc1ccnc(-c2c(F)cccc2F)[n+]1[O-]. The molecule has 3 nitrogen and oxygen atoms in total. The van der Waals surface area contributed by atoms with E-state index in [0.29, 0.717) is 10.4 Å². The van der Waals surface area contributed by atoms with Crippen molar-refractivity contribution >= 4 is 0 Å². The van der Waals surface area contributed by atoms with Crippen LogP contribution in [-0.2, 0) is 0 Å². The zero-order chi connectivity index (χ0) is 11.7. The molecule has 0 spiro atoms. The van der Waals surface area contributed by atoms with Crippen molar-refractivity contribution in [1.29, 1.82) is 0 Å². The number of hydrogen-bond donors (Lipinski definition) is 0. The van der Waals surface area contributed by atoms with Gasteiger partial charge in [0.2, 0.25) is 0 Å². The van der Waals surface area contributed by atoms with Crippen LogP contribution in [0.25, 0.3) is 11.4 Å². The standard InChI is InChI=1S/C11H8F2N2O/c1-7-5-6-14-11(15(7)16)10-8(12)3-2-4-9(10)13/h2-6H,1H3. The lowest BCUT2D eigenvalue weighted by Gasteiger charge is -2.09. The molecule has 0 atom stereocenters. The minimum atomic E-state index is -0.803. The van der Waals surface area contributed by atoms with Gasteiger partial charge in [-0.1, -0.05) is 6.07 Å². The number of halogens is 2. The second-order valence-electron chi connectivity index (χ2n) is 3.30. The molecular formula is C11H8F2N2O. The molecule has 0 amide bonds. The Morgan fingerprint density at radius 2 is 1.81 bits per heavy atom. The fourth-order valence-corrected chi connectivity index (χ4v) is 1.38. The molecule has 2 aromatic rings. The van der Waals surface area contributed by atoms with Gasteiger partial charge in [0, 0.05) is 6.07 Å². The van der Waals surface area contributed by atoms with Gasteiger partial charge in [-0.15, -0.1) is 0 Å². The third-order valence-electron chi connectivity index (χ3n) is 2.21. The topological polar surface area (TPSA) is 39.8 Å². The van der Waals surface area contributed by atoms with Crippen molar-refractivity contribution in [1.82, 2.24) is 4.98 Å². The Balaban J connectivity index is 2.73. The molecule has 16 heavy (non-hydrogen) atoms. The summed E-state index contributed by atoms with van der Waals surface area (Å²) in [5.74, 6) is -1.87. The summed E-state index contributed by atoms with van der Waals surface area (Å²) in [6.07, 6.45) is 1.34. The molecule has 0 fully saturated rings. The number of nitrogens with zero attached hydrogens (tertiary/aromatic N) is 2. The normalized spacial score (nSPS) is 10.4. The second-order valence-corrected chi connectivity index (χ2v) is 3.30. The van der Waals surface area contributed by atoms with Crippen LogP contribution in [0.5, 0.6) is 0 Å². The van der Waals surface area contributed by atoms with E-state index >= 15 is 0 Å². The van der Waals surface area contributed by atoms with Crippen molar-refractivity contribution in [2.75, 3.05) is 0 Å². The lowest BCUT2D eigenvalue weighted by Crippen LogP contribution is -2.34. The van der Waals surface area contributed by atoms with Crippen molar-refractivity contribution in [3.63, 3.8) is 0 Å². The van der Waals surface area contributed by atoms with Crippen molar-refractivity contribution in [2.45, 2.75) is 6.92 Å². The average Bonchev–Trinajstić information content (AvgIpc) is 2.24. The Kier molecular flexibility index (Phi) is 2.52. The van der Waals surface area contributed by atoms with E-state index in [1.807, 2.05) is 0 Å². The Morgan fingerprint density at radius 1 is 1.19 bits per heavy atom. The van der Waals surface area contributed by atoms with Gasteiger partial charge in [0.15, 0.2) is 0 Å². The number of hydrogen-bond acceptors (Lipinski definition) is 2. The zero-order valence-corrected chi connectivity index (χ0v) is 8.45. The van der Waals surface area contributed by atoms with Gasteiger partial charge in [0.25, 0.3) is 0 Å². The number of benzene rings is 1. The Morgan fingerprint density at radius 3 is 2.44 bits per heavy atom. The highest BCUT2D eigenvalue weighted by Gasteiger charge is 2.21. The summed E-state index contributed by atoms with van der Waals surface area (Å²) >= 11 is 0. The molecule has 5 heteroatoms. The summed E-state index contributed by atoms with van der Waals surface area (Å²) in [5.41, 5.74) is -0.0751. The van der Waals surface area contributed by atoms with Crippen LogP contribution in [0.4, 0.5) is 8.78 Å². The molecule has 0 bridgehead atoms. The molecule has 0 aliphatic heterocycles. The summed E-state index contributed by atoms with van der Waals surface area (Å²) in [6.45, 7) is 1.54. The maximum atomic E-state index is 13.4. The first kappa shape index (κ1) is 10.5. The van der Waals surface area contributed by atoms with Crippen molar-refractivity contribution in [3.8, 4) is 11.4 Å². The molecule has 1 aromatic carbocycles. The van der Waals surface area contributed by atoms with Gasteiger partial charge in [-0.3, -0.25) is 0 Å². The molecule has 0 unspecified atom stereocenters. The van der Waals surface area contributed by atoms with Gasteiger partial charge in [-0.05, 0) is 24.0 Å². The van der Waals surface area contributed by atoms with E-state index in [1.165, 1.54) is 25.3 Å². The Labute approximate surface area is 90.6 Å². The fourth-order valence-electron chi connectivity index (χ4n) is 1.38. The highest BCUT2D eigenvalue weighted by molar-refractivity contribution is 5.53. The van der Waals surface area contributed by atoms with E-state index in [1.54, 1.807) is 0 Å². The molecule has 0 saturated carbocycles. The smallest absolute Gasteiger partial charge is 0.339 e. The van der Waals surface area contributed by atoms with Crippen molar-refractivity contribution in [2.24, 2.45) is 0 Å². The van der Waals surface area contributed by atoms with Crippen LogP contribution < -0.4 is 4.73 Å². The third-order valence-corrected chi connectivity index (χ3v) is 2.21. The predicted octanol–water partition coefficient (Wildman–Crippen LogP) is 1.97. The molecule has 0 radical (unpaired) electrons. The minimum absolute atomic E-state index is 0.268. The summed E-state index contributed by atoms with van der Waals surface area (Å²) in [6, 6.07) is 4.87. The van der Waals surface area contributed by atoms with Gasteiger partial charge in [0.1, 0.15) is 29.1 Å². The van der Waals surface area contributed by atoms with Crippen molar-refractivity contribution in [3.05, 3.63) is 53.0 Å². The van der Waals surface area contributed by atoms with Gasteiger partial charge >= 0.3 is 5.82 Å². The van der Waals surface area contributed by atoms with Gasteiger partial charge in [-0.2, -0.15) is 0 Å². The molecule has 0 saturated heterocycles. The highest BCUT2D eigenvalue weighted by atomic mass is 19.1. The van der Waals surface area contributed by atoms with Gasteiger partial charge in [0.05, 0.1) is 0 Å². The molecule has 2 rings (SSSR count). The van der Waals surface area contributed by atoms with Gasteiger partial charge in [-0.25, -0.2) is 13.5 Å². The lowest BCUT2D eigenvalue weighted by molar-refractivity contribution is -0.603. The highest BCUT2D eigenvalue weighted by Crippen LogP contribution is 2.21. The van der Waals surface area contributed by atoms with E-state index in [9.17, 15) is 14.0 Å². The van der Waals surface area contributed by atoms with Crippen LogP contribution in [0.3, 0.4) is 0 Å². The van der Waals surface area contributed by atoms with E-state index in [0.717, 1.165) is 12.1 Å². The Bertz CT molecular complexity index is 523. The van der Waals surface area contributed by atoms with E-state index in [2.05, 4.69) is 4.98 Å². The average molecular weight is 222 g/mol. The second kappa shape index (κ2) is 3.84. The summed E-state index contributed by atoms with van der Waals surface area (Å²) in [7, 11) is 0. The molecular weight excluding hydrogens is 214 g/mol. The van der Waals surface area contributed by atoms with E-state index in [4.69, 9.17) is 0 Å². The van der Waals surface area contributed by atoms with E-state index < -0.39 is 17.2 Å². The molecule has 1 heterocycles. The molecule has 82 valence electrons. The molecule has 0 N–H and O–H groups in total. The number of aromatic nitrogens is 2. The maximum absolute atomic E-state index is 13.4. The fraction of sp³-hybridized carbons (Fsp3) is 0.0909. The minimum Gasteiger partial charge on any atom is -0.710 e. The summed E-state index contributed by atoms with van der Waals surface area (Å²) < 4.78 is 27.2. The Hall–Kier alpha value is -2.04. The third kappa shape index (κ3) is 1.60. The predicted molar refractivity (Wildman–Crippen MR) is 53.3 cm³/mol. The monoisotopic (exact) mass is 222 g/mol. The first-order chi connectivity index (χ1) is 7.61. The zero-order valence-electron chi connectivity index (χ0n) is 8.45. The quantitative estimate of drug-likeness (QED) is 0.546. The summed E-state index contributed by atoms with van der Waals surface area (Å²) in [4.78, 5) is 3.70. The molecule has 0 aliphatic rings. The van der Waals surface area contributed by atoms with Crippen LogP contribution in [0.1, 0.15) is 5.69 Å². The lowest BCUT2D eigenvalue weighted by atomic mass is 10.2. The maximum Gasteiger partial charge on any atom is 0.339 e. The first-order valence-corrected chi connectivity index (χ1v) is 4.61. The first-order valence-electron chi connectivity index (χ1n) is 4.61. The van der Waals surface area contributed by atoms with Crippen LogP contribution in [-0.4, -0.2) is 4.98 Å². The van der Waals surface area contributed by atoms with Crippen LogP contribution in [0.2, 0.25) is 0 Å². The van der Waals surface area contributed by atoms with Crippen LogP contribution >= 0.6 is 0 Å². The van der Waals surface area contributed by atoms with Crippen molar-refractivity contribution < 1.29 is 13.5 Å². The van der Waals surface area contributed by atoms with Crippen LogP contribution in [0.15, 0.2) is 30.5 Å². The van der Waals surface area contributed by atoms with E-state index in [-0.39, 0.29) is 5.82 Å². The summed E-state index contributed by atoms with van der Waals surface area (Å²) in [5, 5.41) is 11.6. The number of rotatable bonds is 1. The number of aryl methyl sites for hydroxylation is 1. The molecule has 0 aliphatic carbocycles. The largest absolute Gasteiger partial charge is 0.710 e.